The zero-order valence-corrected chi connectivity index (χ0v) is 20.5. The number of aliphatic hydroxyl groups is 4. The summed E-state index contributed by atoms with van der Waals surface area (Å²) in [5, 5.41) is 69.0. The van der Waals surface area contributed by atoms with Gasteiger partial charge in [-0.3, -0.25) is 19.2 Å². The molecule has 4 rings (SSSR count). The number of rotatable bonds is 5. The fourth-order valence-corrected chi connectivity index (χ4v) is 7.42. The van der Waals surface area contributed by atoms with Gasteiger partial charge in [-0.25, -0.2) is 4.79 Å². The van der Waals surface area contributed by atoms with Gasteiger partial charge in [-0.2, -0.15) is 0 Å². The molecule has 0 aliphatic heterocycles. The number of fused-ring (bicyclic) bond motifs is 4. The molecule has 1 saturated carbocycles. The first-order chi connectivity index (χ1) is 17.1. The number of hydrogen-bond donors (Lipinski definition) is 7. The van der Waals surface area contributed by atoms with Crippen molar-refractivity contribution in [2.24, 2.45) is 0 Å². The Bertz CT molecular complexity index is 1290. The van der Waals surface area contributed by atoms with Crippen LogP contribution in [0.2, 0.25) is 0 Å². The number of phenolic OH excluding ortho intramolecular Hbond substituents is 1. The van der Waals surface area contributed by atoms with Gasteiger partial charge in [0.25, 0.3) is 0 Å². The molecule has 37 heavy (non-hydrogen) atoms. The Morgan fingerprint density at radius 1 is 1.14 bits per heavy atom. The molecular weight excluding hydrogens is 510 g/mol. The number of phenols is 1. The Balaban J connectivity index is 2.03. The first kappa shape index (κ1) is 26.9. The smallest absolute Gasteiger partial charge is 0.327 e. The van der Waals surface area contributed by atoms with Crippen LogP contribution >= 0.6 is 11.8 Å². The van der Waals surface area contributed by atoms with Crippen molar-refractivity contribution in [2.45, 2.75) is 60.4 Å². The molecule has 198 valence electrons. The van der Waals surface area contributed by atoms with Crippen LogP contribution in [0.15, 0.2) is 29.8 Å². The summed E-state index contributed by atoms with van der Waals surface area (Å²) in [6.45, 7) is 2.49. The SMILES string of the molecule is CC(=O)NC(CSC12C(=O)c3c(O)cccc3C(=O)C1(O)C1(O)C(=O)C=C(C)CC1(O)CC2O)C(=O)O. The maximum Gasteiger partial charge on any atom is 0.327 e. The first-order valence-electron chi connectivity index (χ1n) is 11.2. The number of amides is 1. The number of hydrogen-bond acceptors (Lipinski definition) is 11. The lowest BCUT2D eigenvalue weighted by Gasteiger charge is -2.64. The zero-order valence-electron chi connectivity index (χ0n) is 19.7. The average molecular weight is 536 g/mol. The fourth-order valence-electron chi connectivity index (χ4n) is 5.80. The predicted octanol–water partition coefficient (Wildman–Crippen LogP) is -1.29. The second kappa shape index (κ2) is 8.46. The van der Waals surface area contributed by atoms with Crippen LogP contribution in [0.4, 0.5) is 0 Å². The summed E-state index contributed by atoms with van der Waals surface area (Å²) in [5.41, 5.74) is -10.3. The third-order valence-electron chi connectivity index (χ3n) is 7.37. The Kier molecular flexibility index (Phi) is 6.16. The Morgan fingerprint density at radius 3 is 2.38 bits per heavy atom. The molecule has 13 heteroatoms. The van der Waals surface area contributed by atoms with Gasteiger partial charge in [-0.1, -0.05) is 17.7 Å². The monoisotopic (exact) mass is 535 g/mol. The van der Waals surface area contributed by atoms with Gasteiger partial charge in [-0.05, 0) is 19.1 Å². The number of thioether (sulfide) groups is 1. The lowest BCUT2D eigenvalue weighted by Crippen LogP contribution is -2.89. The Morgan fingerprint density at radius 2 is 1.78 bits per heavy atom. The highest BCUT2D eigenvalue weighted by Crippen LogP contribution is 2.62. The van der Waals surface area contributed by atoms with Crippen LogP contribution in [0.1, 0.15) is 47.4 Å². The maximum absolute atomic E-state index is 14.0. The van der Waals surface area contributed by atoms with Gasteiger partial charge in [0.2, 0.25) is 11.7 Å². The quantitative estimate of drug-likeness (QED) is 0.234. The number of carbonyl (C=O) groups excluding carboxylic acids is 4. The summed E-state index contributed by atoms with van der Waals surface area (Å²) in [7, 11) is 0. The van der Waals surface area contributed by atoms with Crippen LogP contribution in [0, 0.1) is 0 Å². The molecule has 1 fully saturated rings. The lowest BCUT2D eigenvalue weighted by molar-refractivity contribution is -0.260. The molecule has 3 aliphatic rings. The molecule has 0 heterocycles. The minimum Gasteiger partial charge on any atom is -0.507 e. The molecular formula is C24H25NO11S. The van der Waals surface area contributed by atoms with E-state index >= 15 is 0 Å². The van der Waals surface area contributed by atoms with E-state index in [1.165, 1.54) is 13.0 Å². The second-order valence-electron chi connectivity index (χ2n) is 9.70. The van der Waals surface area contributed by atoms with Gasteiger partial charge >= 0.3 is 5.97 Å². The van der Waals surface area contributed by atoms with Crippen molar-refractivity contribution in [2.75, 3.05) is 5.75 Å². The molecule has 0 spiro atoms. The number of carbonyl (C=O) groups is 5. The number of ketones is 3. The largest absolute Gasteiger partial charge is 0.507 e. The van der Waals surface area contributed by atoms with Crippen molar-refractivity contribution >= 4 is 41.0 Å². The molecule has 6 unspecified atom stereocenters. The fraction of sp³-hybridized carbons (Fsp3) is 0.458. The molecule has 6 atom stereocenters. The molecule has 12 nitrogen and oxygen atoms in total. The van der Waals surface area contributed by atoms with E-state index in [-0.39, 0.29) is 17.3 Å². The van der Waals surface area contributed by atoms with Crippen LogP contribution in [-0.2, 0) is 14.4 Å². The lowest BCUT2D eigenvalue weighted by atomic mass is 9.48. The summed E-state index contributed by atoms with van der Waals surface area (Å²) in [5.74, 6) is -7.70. The highest BCUT2D eigenvalue weighted by Gasteiger charge is 2.85. The number of carboxylic acid groups (broad SMARTS) is 1. The third-order valence-corrected chi connectivity index (χ3v) is 9.08. The van der Waals surface area contributed by atoms with Crippen LogP contribution < -0.4 is 5.32 Å². The van der Waals surface area contributed by atoms with E-state index in [0.717, 1.165) is 25.1 Å². The van der Waals surface area contributed by atoms with Gasteiger partial charge in [0.1, 0.15) is 22.1 Å². The van der Waals surface area contributed by atoms with E-state index in [1.807, 2.05) is 0 Å². The normalized spacial score (nSPS) is 35.6. The predicted molar refractivity (Wildman–Crippen MR) is 126 cm³/mol. The van der Waals surface area contributed by atoms with Crippen LogP contribution in [0.3, 0.4) is 0 Å². The Labute approximate surface area is 214 Å². The van der Waals surface area contributed by atoms with Crippen molar-refractivity contribution in [3.8, 4) is 5.75 Å². The van der Waals surface area contributed by atoms with Gasteiger partial charge in [-0.15, -0.1) is 11.8 Å². The van der Waals surface area contributed by atoms with Crippen molar-refractivity contribution in [1.82, 2.24) is 5.32 Å². The minimum absolute atomic E-state index is 0.233. The first-order valence-corrected chi connectivity index (χ1v) is 12.2. The summed E-state index contributed by atoms with van der Waals surface area (Å²) >= 11 is 0.233. The summed E-state index contributed by atoms with van der Waals surface area (Å²) < 4.78 is -2.86. The molecule has 7 N–H and O–H groups in total. The number of carboxylic acids is 1. The molecule has 0 radical (unpaired) electrons. The second-order valence-corrected chi connectivity index (χ2v) is 11.0. The maximum atomic E-state index is 14.0. The number of aliphatic carboxylic acids is 1. The highest BCUT2D eigenvalue weighted by atomic mass is 32.2. The summed E-state index contributed by atoms with van der Waals surface area (Å²) in [6, 6.07) is 1.64. The molecule has 0 saturated heterocycles. The van der Waals surface area contributed by atoms with Crippen molar-refractivity contribution in [3.05, 3.63) is 41.0 Å². The van der Waals surface area contributed by atoms with Crippen molar-refractivity contribution in [3.63, 3.8) is 0 Å². The molecule has 0 aromatic heterocycles. The van der Waals surface area contributed by atoms with E-state index in [4.69, 9.17) is 0 Å². The van der Waals surface area contributed by atoms with E-state index in [1.54, 1.807) is 0 Å². The molecule has 0 bridgehead atoms. The van der Waals surface area contributed by atoms with E-state index in [9.17, 15) is 54.6 Å². The minimum atomic E-state index is -3.51. The molecule has 1 aromatic carbocycles. The third kappa shape index (κ3) is 3.28. The van der Waals surface area contributed by atoms with E-state index in [0.29, 0.717) is 0 Å². The van der Waals surface area contributed by atoms with Crippen molar-refractivity contribution in [1.29, 1.82) is 0 Å². The van der Waals surface area contributed by atoms with E-state index in [2.05, 4.69) is 5.32 Å². The van der Waals surface area contributed by atoms with Crippen molar-refractivity contribution < 1.29 is 54.6 Å². The standard InChI is InChI=1S/C24H25NO11S/c1-10-6-15(28)23(35)21(34,7-10)8-16(29)22(37-9-13(20(32)33)25-11(2)26)19(31)17-12(4-3-5-14(17)27)18(30)24(22,23)36/h3-6,13,16,27,29,34-36H,7-9H2,1-2H3,(H,25,26)(H,32,33). The number of aliphatic hydroxyl groups excluding tert-OH is 1. The number of benzene rings is 1. The van der Waals surface area contributed by atoms with Crippen LogP contribution in [-0.4, -0.2) is 99.3 Å². The zero-order chi connectivity index (χ0) is 27.7. The molecule has 3 aliphatic carbocycles. The number of nitrogens with one attached hydrogen (secondary N) is 1. The van der Waals surface area contributed by atoms with Gasteiger partial charge in [0.15, 0.2) is 22.8 Å². The summed E-state index contributed by atoms with van der Waals surface area (Å²) in [6.07, 6.45) is -2.52. The highest BCUT2D eigenvalue weighted by molar-refractivity contribution is 8.01. The topological polar surface area (TPSA) is 219 Å². The van der Waals surface area contributed by atoms with Gasteiger partial charge in [0.05, 0.1) is 11.7 Å². The summed E-state index contributed by atoms with van der Waals surface area (Å²) in [4.78, 5) is 64.6. The number of aromatic hydroxyl groups is 1. The van der Waals surface area contributed by atoms with Gasteiger partial charge < -0.3 is 36.0 Å². The van der Waals surface area contributed by atoms with Crippen LogP contribution in [0.25, 0.3) is 0 Å². The molecule has 1 amide bonds. The van der Waals surface area contributed by atoms with E-state index < -0.39 is 98.4 Å². The Hall–Kier alpha value is -3.10. The van der Waals surface area contributed by atoms with Gasteiger partial charge in [0, 0.05) is 31.1 Å². The number of Topliss-reactive ketones (excluding diaryl/α,β-unsaturated/α-hetero) is 2. The van der Waals surface area contributed by atoms with Crippen LogP contribution in [0.5, 0.6) is 5.75 Å². The average Bonchev–Trinajstić information content (AvgIpc) is 2.78. The molecule has 1 aromatic rings.